The fourth-order valence-electron chi connectivity index (χ4n) is 3.58. The molecule has 0 unspecified atom stereocenters. The van der Waals surface area contributed by atoms with Crippen molar-refractivity contribution >= 4 is 29.3 Å². The Morgan fingerprint density at radius 1 is 0.704 bits per heavy atom. The number of amides is 2. The second-order valence-corrected chi connectivity index (χ2v) is 7.86. The first-order chi connectivity index (χ1) is 13.3. The Kier molecular flexibility index (Phi) is 5.30. The van der Waals surface area contributed by atoms with E-state index in [1.165, 1.54) is 29.5 Å². The summed E-state index contributed by atoms with van der Waals surface area (Å²) in [6.45, 7) is 1.66. The number of carbonyl (C=O) groups excluding carboxylic acids is 2. The quantitative estimate of drug-likeness (QED) is 0.738. The molecule has 5 heteroatoms. The van der Waals surface area contributed by atoms with Gasteiger partial charge in [-0.2, -0.15) is 0 Å². The molecule has 0 aliphatic carbocycles. The van der Waals surface area contributed by atoms with Gasteiger partial charge in [0.2, 0.25) is 0 Å². The summed E-state index contributed by atoms with van der Waals surface area (Å²) >= 11 is 1.40. The van der Waals surface area contributed by atoms with Crippen LogP contribution in [0.3, 0.4) is 0 Å². The van der Waals surface area contributed by atoms with Crippen molar-refractivity contribution in [1.82, 2.24) is 4.90 Å². The summed E-state index contributed by atoms with van der Waals surface area (Å²) in [7, 11) is 0. The minimum absolute atomic E-state index is 0.202. The maximum atomic E-state index is 13.3. The number of likely N-dealkylation sites (tertiary alicyclic amines) is 1. The van der Waals surface area contributed by atoms with E-state index >= 15 is 0 Å². The predicted octanol–water partition coefficient (Wildman–Crippen LogP) is 4.44. The number of rotatable bonds is 4. The molecule has 27 heavy (non-hydrogen) atoms. The van der Waals surface area contributed by atoms with Gasteiger partial charge in [-0.15, -0.1) is 0 Å². The predicted molar refractivity (Wildman–Crippen MR) is 108 cm³/mol. The van der Waals surface area contributed by atoms with Crippen LogP contribution in [-0.4, -0.2) is 29.8 Å². The van der Waals surface area contributed by atoms with Crippen molar-refractivity contribution in [3.8, 4) is 0 Å². The van der Waals surface area contributed by atoms with Gasteiger partial charge in [0.1, 0.15) is 10.6 Å². The molecule has 0 saturated carbocycles. The molecular formula is C22H22N2O2S. The van der Waals surface area contributed by atoms with Crippen LogP contribution in [0, 0.1) is 0 Å². The van der Waals surface area contributed by atoms with E-state index < -0.39 is 0 Å². The lowest BCUT2D eigenvalue weighted by Gasteiger charge is -2.24. The Morgan fingerprint density at radius 2 is 1.30 bits per heavy atom. The fraction of sp³-hybridized carbons (Fsp3) is 0.273. The van der Waals surface area contributed by atoms with Crippen LogP contribution in [-0.2, 0) is 9.59 Å². The SMILES string of the molecule is O=C1C(Sc2ccccc2)=C(N2CCCCCC2)C(=O)N1c1ccccc1. The van der Waals surface area contributed by atoms with E-state index in [1.807, 2.05) is 60.7 Å². The van der Waals surface area contributed by atoms with Gasteiger partial charge < -0.3 is 4.90 Å². The molecule has 0 spiro atoms. The largest absolute Gasteiger partial charge is 0.366 e. The highest BCUT2D eigenvalue weighted by Gasteiger charge is 2.42. The Labute approximate surface area is 163 Å². The molecule has 0 bridgehead atoms. The summed E-state index contributed by atoms with van der Waals surface area (Å²) in [6, 6.07) is 19.0. The van der Waals surface area contributed by atoms with Crippen LogP contribution in [0.5, 0.6) is 0 Å². The van der Waals surface area contributed by atoms with E-state index in [2.05, 4.69) is 4.90 Å². The number of hydrogen-bond acceptors (Lipinski definition) is 4. The smallest absolute Gasteiger partial charge is 0.283 e. The highest BCUT2D eigenvalue weighted by molar-refractivity contribution is 8.04. The van der Waals surface area contributed by atoms with Crippen LogP contribution in [0.15, 0.2) is 76.2 Å². The molecular weight excluding hydrogens is 356 g/mol. The summed E-state index contributed by atoms with van der Waals surface area (Å²) < 4.78 is 0. The summed E-state index contributed by atoms with van der Waals surface area (Å²) in [5, 5.41) is 0. The lowest BCUT2D eigenvalue weighted by atomic mass is 10.2. The van der Waals surface area contributed by atoms with Crippen LogP contribution < -0.4 is 4.90 Å². The van der Waals surface area contributed by atoms with Crippen molar-refractivity contribution in [3.05, 3.63) is 71.3 Å². The number of para-hydroxylation sites is 1. The van der Waals surface area contributed by atoms with Gasteiger partial charge in [0.25, 0.3) is 11.8 Å². The Balaban J connectivity index is 1.74. The third-order valence-electron chi connectivity index (χ3n) is 4.92. The number of carbonyl (C=O) groups is 2. The second-order valence-electron chi connectivity index (χ2n) is 6.78. The molecule has 4 nitrogen and oxygen atoms in total. The maximum absolute atomic E-state index is 13.3. The molecule has 2 heterocycles. The van der Waals surface area contributed by atoms with Gasteiger partial charge in [0, 0.05) is 18.0 Å². The van der Waals surface area contributed by atoms with E-state index in [4.69, 9.17) is 0 Å². The van der Waals surface area contributed by atoms with Gasteiger partial charge in [0.15, 0.2) is 0 Å². The van der Waals surface area contributed by atoms with E-state index in [0.717, 1.165) is 30.8 Å². The first kappa shape index (κ1) is 17.9. The Hall–Kier alpha value is -2.53. The zero-order chi connectivity index (χ0) is 18.6. The molecule has 1 fully saturated rings. The molecule has 2 aromatic rings. The minimum atomic E-state index is -0.223. The number of anilines is 1. The first-order valence-corrected chi connectivity index (χ1v) is 10.2. The average molecular weight is 378 g/mol. The highest BCUT2D eigenvalue weighted by atomic mass is 32.2. The van der Waals surface area contributed by atoms with Gasteiger partial charge in [-0.1, -0.05) is 61.0 Å². The van der Waals surface area contributed by atoms with Crippen LogP contribution >= 0.6 is 11.8 Å². The summed E-state index contributed by atoms with van der Waals surface area (Å²) in [5.74, 6) is -0.425. The van der Waals surface area contributed by atoms with Crippen molar-refractivity contribution in [2.24, 2.45) is 0 Å². The minimum Gasteiger partial charge on any atom is -0.366 e. The standard InChI is InChI=1S/C22H22N2O2S/c25-21-19(23-15-9-1-2-10-16-23)20(27-18-13-7-4-8-14-18)22(26)24(21)17-11-5-3-6-12-17/h3-8,11-14H,1-2,9-10,15-16H2. The molecule has 0 radical (unpaired) electrons. The van der Waals surface area contributed by atoms with Crippen molar-refractivity contribution in [1.29, 1.82) is 0 Å². The molecule has 1 saturated heterocycles. The van der Waals surface area contributed by atoms with Gasteiger partial charge in [-0.3, -0.25) is 9.59 Å². The molecule has 2 aromatic carbocycles. The third-order valence-corrected chi connectivity index (χ3v) is 6.00. The lowest BCUT2D eigenvalue weighted by molar-refractivity contribution is -0.121. The van der Waals surface area contributed by atoms with Crippen LogP contribution in [0.1, 0.15) is 25.7 Å². The zero-order valence-corrected chi connectivity index (χ0v) is 16.0. The Bertz CT molecular complexity index is 856. The summed E-state index contributed by atoms with van der Waals surface area (Å²) in [5.41, 5.74) is 1.20. The fourth-order valence-corrected chi connectivity index (χ4v) is 4.60. The molecule has 138 valence electrons. The van der Waals surface area contributed by atoms with Crippen LogP contribution in [0.4, 0.5) is 5.69 Å². The molecule has 0 aromatic heterocycles. The third kappa shape index (κ3) is 3.65. The number of nitrogens with zero attached hydrogens (tertiary/aromatic N) is 2. The molecule has 2 aliphatic heterocycles. The van der Waals surface area contributed by atoms with Gasteiger partial charge in [-0.25, -0.2) is 4.90 Å². The maximum Gasteiger partial charge on any atom is 0.283 e. The van der Waals surface area contributed by atoms with Gasteiger partial charge in [0.05, 0.1) is 5.69 Å². The second kappa shape index (κ2) is 8.01. The topological polar surface area (TPSA) is 40.6 Å². The molecule has 4 rings (SSSR count). The van der Waals surface area contributed by atoms with Crippen molar-refractivity contribution in [2.75, 3.05) is 18.0 Å². The Morgan fingerprint density at radius 3 is 1.93 bits per heavy atom. The van der Waals surface area contributed by atoms with E-state index in [0.29, 0.717) is 16.3 Å². The number of thioether (sulfide) groups is 1. The number of imide groups is 1. The lowest BCUT2D eigenvalue weighted by Crippen LogP contribution is -2.35. The normalized spacial score (nSPS) is 18.2. The molecule has 2 amide bonds. The van der Waals surface area contributed by atoms with E-state index in [-0.39, 0.29) is 11.8 Å². The molecule has 0 atom stereocenters. The summed E-state index contributed by atoms with van der Waals surface area (Å²) in [6.07, 6.45) is 4.46. The van der Waals surface area contributed by atoms with Crippen LogP contribution in [0.25, 0.3) is 0 Å². The van der Waals surface area contributed by atoms with Crippen molar-refractivity contribution in [2.45, 2.75) is 30.6 Å². The van der Waals surface area contributed by atoms with Crippen molar-refractivity contribution in [3.63, 3.8) is 0 Å². The monoisotopic (exact) mass is 378 g/mol. The van der Waals surface area contributed by atoms with Crippen LogP contribution in [0.2, 0.25) is 0 Å². The molecule has 0 N–H and O–H groups in total. The summed E-state index contributed by atoms with van der Waals surface area (Å²) in [4.78, 5) is 31.5. The van der Waals surface area contributed by atoms with Crippen molar-refractivity contribution < 1.29 is 9.59 Å². The first-order valence-electron chi connectivity index (χ1n) is 9.41. The highest BCUT2D eigenvalue weighted by Crippen LogP contribution is 2.39. The molecule has 2 aliphatic rings. The number of benzene rings is 2. The zero-order valence-electron chi connectivity index (χ0n) is 15.1. The van der Waals surface area contributed by atoms with Gasteiger partial charge >= 0.3 is 0 Å². The van der Waals surface area contributed by atoms with Gasteiger partial charge in [-0.05, 0) is 37.1 Å². The van der Waals surface area contributed by atoms with E-state index in [9.17, 15) is 9.59 Å². The van der Waals surface area contributed by atoms with E-state index in [1.54, 1.807) is 0 Å². The number of hydrogen-bond donors (Lipinski definition) is 0. The average Bonchev–Trinajstić information content (AvgIpc) is 2.88.